The molecular weight excluding hydrogens is 560 g/mol. The van der Waals surface area contributed by atoms with Crippen molar-refractivity contribution >= 4 is 49.3 Å². The molecule has 0 N–H and O–H groups in total. The smallest absolute Gasteiger partial charge is 0.197 e. The minimum atomic E-state index is 0.539. The number of rotatable bonds is 3. The first-order valence-corrected chi connectivity index (χ1v) is 15.4. The molecule has 218 valence electrons. The molecule has 0 fully saturated rings. The Morgan fingerprint density at radius 3 is 1.39 bits per heavy atom. The minimum Gasteiger partial charge on any atom is -0.308 e. The molecule has 8 aromatic rings. The van der Waals surface area contributed by atoms with Crippen LogP contribution in [0, 0.1) is 45.6 Å². The average molecular weight is 591 g/mol. The molecule has 8 rings (SSSR count). The summed E-state index contributed by atoms with van der Waals surface area (Å²) in [4.78, 5) is 4.09. The average Bonchev–Trinajstić information content (AvgIpc) is 3.54. The Kier molecular flexibility index (Phi) is 6.11. The molecule has 0 radical (unpaired) electrons. The summed E-state index contributed by atoms with van der Waals surface area (Å²) in [5.74, 6) is 0. The fourth-order valence-electron chi connectivity index (χ4n) is 7.00. The molecule has 6 aromatic carbocycles. The molecule has 2 aromatic heterocycles. The van der Waals surface area contributed by atoms with E-state index in [-0.39, 0.29) is 0 Å². The third-order valence-corrected chi connectivity index (χ3v) is 9.15. The maximum absolute atomic E-state index is 9.73. The lowest BCUT2D eigenvalue weighted by Crippen LogP contribution is -2.04. The van der Waals surface area contributed by atoms with Crippen LogP contribution in [0.3, 0.4) is 0 Å². The summed E-state index contributed by atoms with van der Waals surface area (Å²) in [6.07, 6.45) is 0. The third-order valence-electron chi connectivity index (χ3n) is 9.15. The minimum absolute atomic E-state index is 0.539. The summed E-state index contributed by atoms with van der Waals surface area (Å²) < 4.78 is 4.71. The first-order valence-electron chi connectivity index (χ1n) is 15.4. The van der Waals surface area contributed by atoms with E-state index >= 15 is 0 Å². The van der Waals surface area contributed by atoms with Crippen LogP contribution in [0.25, 0.3) is 71.0 Å². The van der Waals surface area contributed by atoms with Crippen LogP contribution < -0.4 is 0 Å². The van der Waals surface area contributed by atoms with E-state index in [9.17, 15) is 5.26 Å². The normalized spacial score (nSPS) is 11.4. The molecule has 4 heteroatoms. The molecule has 0 saturated carbocycles. The van der Waals surface area contributed by atoms with Crippen molar-refractivity contribution in [3.8, 4) is 28.6 Å². The van der Waals surface area contributed by atoms with Gasteiger partial charge in [0.15, 0.2) is 5.69 Å². The molecule has 0 spiro atoms. The standard InChI is InChI=1S/C42H30N4/c1-25-9-13-31-32-14-10-26(2)18-38(32)45(37(31)17-25)41-22-35(30-8-6-7-29(21-30)24-43)36(44-5)23-42(41)46-39-19-27(3)11-15-33(39)34-16-12-28(4)20-40(34)46/h6-23H,1-4H3. The zero-order valence-corrected chi connectivity index (χ0v) is 26.2. The highest BCUT2D eigenvalue weighted by Crippen LogP contribution is 2.43. The molecule has 4 nitrogen and oxygen atoms in total. The highest BCUT2D eigenvalue weighted by Gasteiger charge is 2.22. The predicted molar refractivity (Wildman–Crippen MR) is 190 cm³/mol. The molecule has 0 bridgehead atoms. The lowest BCUT2D eigenvalue weighted by molar-refractivity contribution is 1.09. The van der Waals surface area contributed by atoms with E-state index in [1.807, 2.05) is 24.3 Å². The fraction of sp³-hybridized carbons (Fsp3) is 0.0952. The first-order chi connectivity index (χ1) is 22.3. The van der Waals surface area contributed by atoms with Gasteiger partial charge in [-0.2, -0.15) is 5.26 Å². The van der Waals surface area contributed by atoms with Crippen molar-refractivity contribution in [1.82, 2.24) is 9.13 Å². The Balaban J connectivity index is 1.61. The van der Waals surface area contributed by atoms with Gasteiger partial charge in [-0.25, -0.2) is 4.85 Å². The SMILES string of the molecule is [C-]#[N+]c1cc(-n2c3cc(C)ccc3c3ccc(C)cc32)c(-n2c3cc(C)ccc3c3ccc(C)cc32)cc1-c1cccc(C#N)c1. The molecule has 0 aliphatic carbocycles. The Morgan fingerprint density at radius 1 is 0.543 bits per heavy atom. The van der Waals surface area contributed by atoms with Crippen molar-refractivity contribution in [3.05, 3.63) is 148 Å². The van der Waals surface area contributed by atoms with Gasteiger partial charge >= 0.3 is 0 Å². The lowest BCUT2D eigenvalue weighted by Gasteiger charge is -2.20. The number of hydrogen-bond acceptors (Lipinski definition) is 1. The summed E-state index contributed by atoms with van der Waals surface area (Å²) in [5, 5.41) is 14.4. The second-order valence-electron chi connectivity index (χ2n) is 12.4. The van der Waals surface area contributed by atoms with Crippen molar-refractivity contribution in [2.75, 3.05) is 0 Å². The zero-order valence-electron chi connectivity index (χ0n) is 26.2. The summed E-state index contributed by atoms with van der Waals surface area (Å²) in [7, 11) is 0. The Morgan fingerprint density at radius 2 is 0.978 bits per heavy atom. The Hall–Kier alpha value is -6.10. The molecule has 0 amide bonds. The third kappa shape index (κ3) is 4.12. The van der Waals surface area contributed by atoms with Crippen LogP contribution in [0.15, 0.2) is 109 Å². The maximum atomic E-state index is 9.73. The van der Waals surface area contributed by atoms with E-state index in [1.54, 1.807) is 6.07 Å². The summed E-state index contributed by atoms with van der Waals surface area (Å²) >= 11 is 0. The molecule has 0 unspecified atom stereocenters. The van der Waals surface area contributed by atoms with Crippen molar-refractivity contribution < 1.29 is 0 Å². The van der Waals surface area contributed by atoms with Gasteiger partial charge in [-0.15, -0.1) is 0 Å². The predicted octanol–water partition coefficient (Wildman–Crippen LogP) is 11.2. The van der Waals surface area contributed by atoms with Crippen molar-refractivity contribution in [2.45, 2.75) is 27.7 Å². The molecule has 46 heavy (non-hydrogen) atoms. The van der Waals surface area contributed by atoms with Gasteiger partial charge in [0.25, 0.3) is 0 Å². The highest BCUT2D eigenvalue weighted by atomic mass is 15.1. The molecule has 2 heterocycles. The van der Waals surface area contributed by atoms with Crippen molar-refractivity contribution in [2.24, 2.45) is 0 Å². The second kappa shape index (κ2) is 10.2. The number of fused-ring (bicyclic) bond motifs is 6. The molecule has 0 aliphatic rings. The van der Waals surface area contributed by atoms with Gasteiger partial charge in [0.2, 0.25) is 0 Å². The van der Waals surface area contributed by atoms with Crippen LogP contribution in [0.5, 0.6) is 0 Å². The van der Waals surface area contributed by atoms with Gasteiger partial charge in [-0.3, -0.25) is 0 Å². The Labute approximate surface area is 267 Å². The van der Waals surface area contributed by atoms with Crippen LogP contribution in [0.2, 0.25) is 0 Å². The van der Waals surface area contributed by atoms with E-state index < -0.39 is 0 Å². The second-order valence-corrected chi connectivity index (χ2v) is 12.4. The van der Waals surface area contributed by atoms with Gasteiger partial charge < -0.3 is 9.13 Å². The van der Waals surface area contributed by atoms with Crippen LogP contribution in [-0.2, 0) is 0 Å². The van der Waals surface area contributed by atoms with E-state index in [4.69, 9.17) is 6.57 Å². The summed E-state index contributed by atoms with van der Waals surface area (Å²) in [6.45, 7) is 16.9. The van der Waals surface area contributed by atoms with Crippen LogP contribution >= 0.6 is 0 Å². The summed E-state index contributed by atoms with van der Waals surface area (Å²) in [5.41, 5.74) is 13.8. The summed E-state index contributed by atoms with van der Waals surface area (Å²) in [6, 6.07) is 40.6. The van der Waals surface area contributed by atoms with Crippen LogP contribution in [-0.4, -0.2) is 9.13 Å². The van der Waals surface area contributed by atoms with E-state index in [0.717, 1.165) is 44.6 Å². The van der Waals surface area contributed by atoms with Crippen LogP contribution in [0.1, 0.15) is 27.8 Å². The van der Waals surface area contributed by atoms with Crippen molar-refractivity contribution in [1.29, 1.82) is 5.26 Å². The molecule has 0 atom stereocenters. The monoisotopic (exact) mass is 590 g/mol. The molecular formula is C42H30N4. The number of nitriles is 1. The van der Waals surface area contributed by atoms with Crippen molar-refractivity contribution in [3.63, 3.8) is 0 Å². The largest absolute Gasteiger partial charge is 0.308 e. The molecule has 0 saturated heterocycles. The van der Waals surface area contributed by atoms with E-state index in [1.165, 1.54) is 43.8 Å². The van der Waals surface area contributed by atoms with E-state index in [2.05, 4.69) is 127 Å². The highest BCUT2D eigenvalue weighted by molar-refractivity contribution is 6.12. The number of benzene rings is 6. The van der Waals surface area contributed by atoms with Gasteiger partial charge in [-0.1, -0.05) is 60.7 Å². The Bertz CT molecular complexity index is 2530. The molecule has 0 aliphatic heterocycles. The maximum Gasteiger partial charge on any atom is 0.197 e. The van der Waals surface area contributed by atoms with Gasteiger partial charge in [-0.05, 0) is 110 Å². The quantitative estimate of drug-likeness (QED) is 0.189. The number of nitrogens with zero attached hydrogens (tertiary/aromatic N) is 4. The van der Waals surface area contributed by atoms with Gasteiger partial charge in [0, 0.05) is 21.5 Å². The number of aryl methyl sites for hydroxylation is 4. The number of hydrogen-bond donors (Lipinski definition) is 0. The van der Waals surface area contributed by atoms with Crippen LogP contribution in [0.4, 0.5) is 5.69 Å². The van der Waals surface area contributed by atoms with Gasteiger partial charge in [0.1, 0.15) is 0 Å². The number of aromatic nitrogens is 2. The van der Waals surface area contributed by atoms with Gasteiger partial charge in [0.05, 0.1) is 51.6 Å². The lowest BCUT2D eigenvalue weighted by atomic mass is 9.99. The first kappa shape index (κ1) is 27.4. The van der Waals surface area contributed by atoms with E-state index in [0.29, 0.717) is 11.3 Å². The fourth-order valence-corrected chi connectivity index (χ4v) is 7.00. The zero-order chi connectivity index (χ0) is 31.7. The topological polar surface area (TPSA) is 38.0 Å².